The normalized spacial score (nSPS) is 20.7. The van der Waals surface area contributed by atoms with Crippen LogP contribution in [-0.4, -0.2) is 7.85 Å². The molecule has 0 saturated heterocycles. The van der Waals surface area contributed by atoms with E-state index < -0.39 is 0 Å². The maximum absolute atomic E-state index is 4.27. The van der Waals surface area contributed by atoms with Gasteiger partial charge in [-0.1, -0.05) is 69.7 Å². The van der Waals surface area contributed by atoms with Gasteiger partial charge in [-0.05, 0) is 18.8 Å². The monoisotopic (exact) mass is 256 g/mol. The zero-order valence-corrected chi connectivity index (χ0v) is 12.5. The fraction of sp³-hybridized carbons (Fsp3) is 0.867. The molecule has 0 aromatic carbocycles. The number of halogens is 1. The molecule has 100 valence electrons. The molecule has 0 amide bonds. The lowest BCUT2D eigenvalue weighted by Gasteiger charge is -2.19. The molecule has 17 heavy (non-hydrogen) atoms. The van der Waals surface area contributed by atoms with Crippen LogP contribution < -0.4 is 0 Å². The van der Waals surface area contributed by atoms with Crippen molar-refractivity contribution in [2.24, 2.45) is 5.92 Å². The van der Waals surface area contributed by atoms with Gasteiger partial charge in [-0.2, -0.15) is 0 Å². The number of rotatable bonds is 2. The van der Waals surface area contributed by atoms with Gasteiger partial charge in [0.1, 0.15) is 7.85 Å². The van der Waals surface area contributed by atoms with Crippen molar-refractivity contribution in [2.45, 2.75) is 76.9 Å². The zero-order chi connectivity index (χ0) is 11.6. The van der Waals surface area contributed by atoms with E-state index in [1.165, 1.54) is 82.5 Å². The Labute approximate surface area is 115 Å². The minimum absolute atomic E-state index is 0. The molecule has 0 atom stereocenters. The summed E-state index contributed by atoms with van der Waals surface area (Å²) < 4.78 is 0. The third-order valence-electron chi connectivity index (χ3n) is 4.14. The summed E-state index contributed by atoms with van der Waals surface area (Å²) in [6.07, 6.45) is 17.1. The Morgan fingerprint density at radius 2 is 1.18 bits per heavy atom. The van der Waals surface area contributed by atoms with Crippen LogP contribution in [0.2, 0.25) is 6.32 Å². The van der Waals surface area contributed by atoms with Crippen LogP contribution in [0.1, 0.15) is 70.6 Å². The van der Waals surface area contributed by atoms with Gasteiger partial charge in [0.25, 0.3) is 0 Å². The molecule has 0 N–H and O–H groups in total. The van der Waals surface area contributed by atoms with Gasteiger partial charge in [-0.25, -0.2) is 0 Å². The van der Waals surface area contributed by atoms with Crippen molar-refractivity contribution in [1.82, 2.24) is 0 Å². The van der Waals surface area contributed by atoms with Crippen LogP contribution in [0.4, 0.5) is 0 Å². The molecule has 0 heterocycles. The highest BCUT2D eigenvalue weighted by molar-refractivity contribution is 6.10. The summed E-state index contributed by atoms with van der Waals surface area (Å²) in [6.45, 7) is 4.27. The molecule has 2 heteroatoms. The minimum Gasteiger partial charge on any atom is -0.147 e. The molecule has 0 aromatic heterocycles. The molecule has 0 bridgehead atoms. The second kappa shape index (κ2) is 11.2. The van der Waals surface area contributed by atoms with E-state index in [0.29, 0.717) is 0 Å². The second-order valence-electron chi connectivity index (χ2n) is 5.47. The highest BCUT2D eigenvalue weighted by Crippen LogP contribution is 2.26. The first-order valence-electron chi connectivity index (χ1n) is 7.52. The predicted octanol–water partition coefficient (Wildman–Crippen LogP) is 4.94. The van der Waals surface area contributed by atoms with Crippen LogP contribution in [-0.2, 0) is 0 Å². The van der Waals surface area contributed by atoms with Gasteiger partial charge in [0.2, 0.25) is 0 Å². The van der Waals surface area contributed by atoms with Crippen molar-refractivity contribution in [1.29, 1.82) is 0 Å². The second-order valence-corrected chi connectivity index (χ2v) is 5.47. The van der Waals surface area contributed by atoms with Gasteiger partial charge in [0, 0.05) is 0 Å². The van der Waals surface area contributed by atoms with E-state index in [0.717, 1.165) is 5.92 Å². The van der Waals surface area contributed by atoms with Gasteiger partial charge in [0.15, 0.2) is 0 Å². The quantitative estimate of drug-likeness (QED) is 0.485. The van der Waals surface area contributed by atoms with E-state index in [1.54, 1.807) is 0 Å². The first kappa shape index (κ1) is 17.1. The van der Waals surface area contributed by atoms with Gasteiger partial charge in [0.05, 0.1) is 0 Å². The van der Waals surface area contributed by atoms with E-state index in [2.05, 4.69) is 14.4 Å². The first-order valence-corrected chi connectivity index (χ1v) is 7.52. The Kier molecular flexibility index (Phi) is 11.3. The van der Waals surface area contributed by atoms with Crippen LogP contribution in [0.15, 0.2) is 12.2 Å². The summed E-state index contributed by atoms with van der Waals surface area (Å²) in [6, 6.07) is 0. The molecule has 1 aliphatic carbocycles. The predicted molar refractivity (Wildman–Crippen MR) is 84.0 cm³/mol. The average molecular weight is 257 g/mol. The smallest absolute Gasteiger partial charge is 0.106 e. The van der Waals surface area contributed by atoms with E-state index in [-0.39, 0.29) is 12.4 Å². The van der Waals surface area contributed by atoms with Crippen LogP contribution >= 0.6 is 12.4 Å². The summed E-state index contributed by atoms with van der Waals surface area (Å²) in [7, 11) is 2.26. The molecule has 0 nitrogen and oxygen atoms in total. The lowest BCUT2D eigenvalue weighted by atomic mass is 9.82. The molecular weight excluding hydrogens is 226 g/mol. The topological polar surface area (TPSA) is 0 Å². The third kappa shape index (κ3) is 7.92. The Morgan fingerprint density at radius 1 is 0.824 bits per heavy atom. The summed E-state index contributed by atoms with van der Waals surface area (Å²) in [5, 5.41) is 0. The lowest BCUT2D eigenvalue weighted by Crippen LogP contribution is -2.04. The highest BCUT2D eigenvalue weighted by Gasteiger charge is 2.11. The molecule has 1 aliphatic rings. The molecule has 0 aromatic rings. The molecule has 0 spiro atoms. The Balaban J connectivity index is 0.00000256. The van der Waals surface area contributed by atoms with Crippen molar-refractivity contribution in [3.05, 3.63) is 12.2 Å². The molecule has 1 fully saturated rings. The molecule has 1 saturated carbocycles. The van der Waals surface area contributed by atoms with Crippen LogP contribution in [0.25, 0.3) is 0 Å². The van der Waals surface area contributed by atoms with Crippen LogP contribution in [0.3, 0.4) is 0 Å². The maximum atomic E-state index is 4.27. The summed E-state index contributed by atoms with van der Waals surface area (Å²) in [5.41, 5.74) is 1.51. The standard InChI is InChI=1S/C15H29B.ClH/c1-14(13-16)15-11-9-7-5-3-2-4-6-8-10-12-15;/h15H,1-13,16H2;1H. The third-order valence-corrected chi connectivity index (χ3v) is 4.14. The SMILES string of the molecule is BCC(=C)C1CCCCCCCCCCC1.Cl. The Morgan fingerprint density at radius 3 is 1.53 bits per heavy atom. The van der Waals surface area contributed by atoms with E-state index >= 15 is 0 Å². The van der Waals surface area contributed by atoms with Gasteiger partial charge in [-0.15, -0.1) is 19.0 Å². The van der Waals surface area contributed by atoms with Gasteiger partial charge < -0.3 is 0 Å². The van der Waals surface area contributed by atoms with Gasteiger partial charge >= 0.3 is 0 Å². The largest absolute Gasteiger partial charge is 0.147 e. The summed E-state index contributed by atoms with van der Waals surface area (Å²) in [5.74, 6) is 0.837. The Hall–Kier alpha value is 0.0949. The molecular formula is C15H30BCl. The Bertz CT molecular complexity index is 179. The van der Waals surface area contributed by atoms with Crippen LogP contribution in [0.5, 0.6) is 0 Å². The number of allylic oxidation sites excluding steroid dienone is 1. The van der Waals surface area contributed by atoms with Crippen molar-refractivity contribution in [3.63, 3.8) is 0 Å². The fourth-order valence-electron chi connectivity index (χ4n) is 2.86. The number of hydrogen-bond acceptors (Lipinski definition) is 0. The van der Waals surface area contributed by atoms with Crippen molar-refractivity contribution in [3.8, 4) is 0 Å². The summed E-state index contributed by atoms with van der Waals surface area (Å²) in [4.78, 5) is 0. The number of hydrogen-bond donors (Lipinski definition) is 0. The maximum Gasteiger partial charge on any atom is 0.106 e. The van der Waals surface area contributed by atoms with Crippen molar-refractivity contribution in [2.75, 3.05) is 0 Å². The zero-order valence-electron chi connectivity index (χ0n) is 11.7. The lowest BCUT2D eigenvalue weighted by molar-refractivity contribution is 0.436. The van der Waals surface area contributed by atoms with E-state index in [4.69, 9.17) is 0 Å². The fourth-order valence-corrected chi connectivity index (χ4v) is 2.86. The van der Waals surface area contributed by atoms with Crippen molar-refractivity contribution < 1.29 is 0 Å². The molecule has 0 unspecified atom stereocenters. The molecule has 1 rings (SSSR count). The van der Waals surface area contributed by atoms with E-state index in [1.807, 2.05) is 0 Å². The first-order chi connectivity index (χ1) is 7.84. The van der Waals surface area contributed by atoms with Crippen molar-refractivity contribution >= 4 is 20.3 Å². The average Bonchev–Trinajstić information content (AvgIpc) is 2.29. The van der Waals surface area contributed by atoms with E-state index in [9.17, 15) is 0 Å². The molecule has 0 aliphatic heterocycles. The van der Waals surface area contributed by atoms with Gasteiger partial charge in [-0.3, -0.25) is 0 Å². The summed E-state index contributed by atoms with van der Waals surface area (Å²) >= 11 is 0. The van der Waals surface area contributed by atoms with Crippen LogP contribution in [0, 0.1) is 5.92 Å². The highest BCUT2D eigenvalue weighted by atomic mass is 35.5. The minimum atomic E-state index is 0. The molecule has 0 radical (unpaired) electrons.